The van der Waals surface area contributed by atoms with E-state index < -0.39 is 23.4 Å². The van der Waals surface area contributed by atoms with Gasteiger partial charge in [0, 0.05) is 0 Å². The molecular formula is C14H27NO4. The molecule has 1 rings (SSSR count). The lowest BCUT2D eigenvalue weighted by molar-refractivity contribution is 0.0228. The third-order valence-electron chi connectivity index (χ3n) is 3.03. The number of alkyl carbamates (subject to hydrolysis) is 1. The summed E-state index contributed by atoms with van der Waals surface area (Å²) in [5.74, 6) is 0.358. The summed E-state index contributed by atoms with van der Waals surface area (Å²) in [6.07, 6.45) is -0.539. The Kier molecular flexibility index (Phi) is 4.85. The van der Waals surface area contributed by atoms with Crippen LogP contribution in [0.25, 0.3) is 0 Å². The minimum absolute atomic E-state index is 0.358. The van der Waals surface area contributed by atoms with Crippen LogP contribution in [0, 0.1) is 5.92 Å². The number of carbonyl (C=O) groups excluding carboxylic acids is 1. The Morgan fingerprint density at radius 1 is 1.47 bits per heavy atom. The molecule has 1 fully saturated rings. The molecule has 19 heavy (non-hydrogen) atoms. The van der Waals surface area contributed by atoms with Crippen molar-refractivity contribution in [2.24, 2.45) is 5.92 Å². The highest BCUT2D eigenvalue weighted by molar-refractivity contribution is 5.68. The third-order valence-corrected chi connectivity index (χ3v) is 3.03. The lowest BCUT2D eigenvalue weighted by Gasteiger charge is -2.29. The zero-order valence-electron chi connectivity index (χ0n) is 12.8. The van der Waals surface area contributed by atoms with Crippen molar-refractivity contribution >= 4 is 6.09 Å². The Labute approximate surface area is 115 Å². The number of rotatable bonds is 5. The second-order valence-electron chi connectivity index (χ2n) is 6.93. The first-order valence-corrected chi connectivity index (χ1v) is 6.85. The maximum Gasteiger partial charge on any atom is 0.407 e. The molecule has 0 aromatic rings. The maximum atomic E-state index is 11.8. The summed E-state index contributed by atoms with van der Waals surface area (Å²) in [5, 5.41) is 13.1. The minimum Gasteiger partial charge on any atom is -0.444 e. The summed E-state index contributed by atoms with van der Waals surface area (Å²) in [4.78, 5) is 11.8. The Balaban J connectivity index is 2.62. The lowest BCUT2D eigenvalue weighted by Crippen LogP contribution is -2.51. The van der Waals surface area contributed by atoms with Gasteiger partial charge in [-0.15, -0.1) is 0 Å². The van der Waals surface area contributed by atoms with Crippen LogP contribution in [0.15, 0.2) is 0 Å². The van der Waals surface area contributed by atoms with Crippen molar-refractivity contribution in [3.63, 3.8) is 0 Å². The van der Waals surface area contributed by atoms with Crippen LogP contribution >= 0.6 is 0 Å². The number of hydrogen-bond acceptors (Lipinski definition) is 4. The van der Waals surface area contributed by atoms with Crippen LogP contribution < -0.4 is 5.32 Å². The first-order chi connectivity index (χ1) is 8.53. The normalized spacial score (nSPS) is 25.9. The molecule has 1 saturated heterocycles. The van der Waals surface area contributed by atoms with Crippen molar-refractivity contribution in [3.05, 3.63) is 0 Å². The highest BCUT2D eigenvalue weighted by atomic mass is 16.6. The Hall–Kier alpha value is -0.810. The van der Waals surface area contributed by atoms with E-state index in [9.17, 15) is 9.90 Å². The van der Waals surface area contributed by atoms with E-state index in [1.54, 1.807) is 0 Å². The molecule has 1 heterocycles. The van der Waals surface area contributed by atoms with Crippen molar-refractivity contribution in [2.45, 2.75) is 71.3 Å². The van der Waals surface area contributed by atoms with E-state index in [0.717, 1.165) is 0 Å². The van der Waals surface area contributed by atoms with Crippen molar-refractivity contribution in [1.82, 2.24) is 5.32 Å². The van der Waals surface area contributed by atoms with Gasteiger partial charge in [-0.05, 0) is 40.0 Å². The molecule has 0 saturated carbocycles. The summed E-state index contributed by atoms with van der Waals surface area (Å²) >= 11 is 0. The predicted molar refractivity (Wildman–Crippen MR) is 73.0 cm³/mol. The first kappa shape index (κ1) is 16.2. The molecule has 1 aliphatic heterocycles. The second-order valence-corrected chi connectivity index (χ2v) is 6.93. The number of carbonyl (C=O) groups is 1. The fourth-order valence-corrected chi connectivity index (χ4v) is 1.94. The minimum atomic E-state index is -0.720. The number of aliphatic hydroxyl groups excluding tert-OH is 1. The highest BCUT2D eigenvalue weighted by Crippen LogP contribution is 2.33. The zero-order chi connectivity index (χ0) is 14.8. The second kappa shape index (κ2) is 5.67. The first-order valence-electron chi connectivity index (χ1n) is 6.85. The van der Waals surface area contributed by atoms with Crippen LogP contribution in [0.3, 0.4) is 0 Å². The standard InChI is InChI=1S/C14H27NO4/c1-9(2)7-10(11(16)14(6)8-18-14)15-12(17)19-13(3,4)5/h9-11,16H,7-8H2,1-6H3,(H,15,17)/t10?,11-,14+/m0/s1. The van der Waals surface area contributed by atoms with Gasteiger partial charge in [0.25, 0.3) is 0 Å². The monoisotopic (exact) mass is 273 g/mol. The average molecular weight is 273 g/mol. The van der Waals surface area contributed by atoms with E-state index in [4.69, 9.17) is 9.47 Å². The SMILES string of the molecule is CC(C)CC(NC(=O)OC(C)(C)C)[C@H](O)[C@@]1(C)CO1. The highest BCUT2D eigenvalue weighted by Gasteiger charge is 2.50. The quantitative estimate of drug-likeness (QED) is 0.752. The van der Waals surface area contributed by atoms with E-state index in [1.807, 2.05) is 41.5 Å². The molecule has 1 aliphatic rings. The molecule has 0 bridgehead atoms. The van der Waals surface area contributed by atoms with Gasteiger partial charge in [-0.25, -0.2) is 4.79 Å². The molecule has 1 amide bonds. The summed E-state index contributed by atoms with van der Waals surface area (Å²) in [6.45, 7) is 11.9. The van der Waals surface area contributed by atoms with E-state index in [2.05, 4.69) is 5.32 Å². The molecule has 5 heteroatoms. The van der Waals surface area contributed by atoms with Gasteiger partial charge < -0.3 is 19.9 Å². The number of epoxide rings is 1. The van der Waals surface area contributed by atoms with Crippen LogP contribution in [-0.2, 0) is 9.47 Å². The Morgan fingerprint density at radius 3 is 2.37 bits per heavy atom. The molecule has 0 aliphatic carbocycles. The summed E-state index contributed by atoms with van der Waals surface area (Å²) in [6, 6.07) is -0.359. The van der Waals surface area contributed by atoms with Crippen LogP contribution in [0.4, 0.5) is 4.79 Å². The number of nitrogens with one attached hydrogen (secondary N) is 1. The van der Waals surface area contributed by atoms with E-state index >= 15 is 0 Å². The summed E-state index contributed by atoms with van der Waals surface area (Å²) in [7, 11) is 0. The molecule has 0 aromatic heterocycles. The van der Waals surface area contributed by atoms with Crippen molar-refractivity contribution in [3.8, 4) is 0 Å². The van der Waals surface area contributed by atoms with Gasteiger partial charge in [0.05, 0.1) is 12.6 Å². The van der Waals surface area contributed by atoms with Gasteiger partial charge in [0.15, 0.2) is 0 Å². The van der Waals surface area contributed by atoms with E-state index in [0.29, 0.717) is 18.9 Å². The number of ether oxygens (including phenoxy) is 2. The number of hydrogen-bond donors (Lipinski definition) is 2. The molecule has 1 unspecified atom stereocenters. The predicted octanol–water partition coefficient (Wildman–Crippen LogP) is 2.08. The number of amides is 1. The van der Waals surface area contributed by atoms with Crippen LogP contribution in [0.1, 0.15) is 48.0 Å². The lowest BCUT2D eigenvalue weighted by atomic mass is 9.92. The van der Waals surface area contributed by atoms with Gasteiger partial charge in [0.1, 0.15) is 17.3 Å². The smallest absolute Gasteiger partial charge is 0.407 e. The van der Waals surface area contributed by atoms with Gasteiger partial charge in [-0.3, -0.25) is 0 Å². The van der Waals surface area contributed by atoms with Crippen molar-refractivity contribution in [1.29, 1.82) is 0 Å². The van der Waals surface area contributed by atoms with Gasteiger partial charge in [-0.1, -0.05) is 13.8 Å². The van der Waals surface area contributed by atoms with Crippen molar-refractivity contribution in [2.75, 3.05) is 6.61 Å². The Bertz CT molecular complexity index is 318. The molecule has 112 valence electrons. The molecule has 0 aromatic carbocycles. The molecule has 0 radical (unpaired) electrons. The number of aliphatic hydroxyl groups is 1. The largest absolute Gasteiger partial charge is 0.444 e. The molecular weight excluding hydrogens is 246 g/mol. The maximum absolute atomic E-state index is 11.8. The topological polar surface area (TPSA) is 71.1 Å². The fourth-order valence-electron chi connectivity index (χ4n) is 1.94. The Morgan fingerprint density at radius 2 is 2.00 bits per heavy atom. The summed E-state index contributed by atoms with van der Waals surface area (Å²) in [5.41, 5.74) is -1.08. The van der Waals surface area contributed by atoms with Crippen molar-refractivity contribution < 1.29 is 19.4 Å². The third kappa shape index (κ3) is 5.37. The van der Waals surface area contributed by atoms with Crippen LogP contribution in [0.5, 0.6) is 0 Å². The van der Waals surface area contributed by atoms with Crippen LogP contribution in [0.2, 0.25) is 0 Å². The molecule has 3 atom stereocenters. The van der Waals surface area contributed by atoms with E-state index in [-0.39, 0.29) is 6.04 Å². The van der Waals surface area contributed by atoms with Gasteiger partial charge >= 0.3 is 6.09 Å². The molecule has 5 nitrogen and oxygen atoms in total. The molecule has 2 N–H and O–H groups in total. The molecule has 0 spiro atoms. The summed E-state index contributed by atoms with van der Waals surface area (Å²) < 4.78 is 10.5. The average Bonchev–Trinajstić information content (AvgIpc) is 2.92. The fraction of sp³-hybridized carbons (Fsp3) is 0.929. The van der Waals surface area contributed by atoms with E-state index in [1.165, 1.54) is 0 Å². The van der Waals surface area contributed by atoms with Gasteiger partial charge in [-0.2, -0.15) is 0 Å². The van der Waals surface area contributed by atoms with Gasteiger partial charge in [0.2, 0.25) is 0 Å². The zero-order valence-corrected chi connectivity index (χ0v) is 12.8. The van der Waals surface area contributed by atoms with Crippen LogP contribution in [-0.4, -0.2) is 41.2 Å².